The van der Waals surface area contributed by atoms with Gasteiger partial charge in [-0.3, -0.25) is 0 Å². The molecule has 4 nitrogen and oxygen atoms in total. The molecule has 2 fully saturated rings. The number of fused-ring (bicyclic) bond motifs is 1. The van der Waals surface area contributed by atoms with Crippen LogP contribution in [0, 0.1) is 13.3 Å². The summed E-state index contributed by atoms with van der Waals surface area (Å²) in [7, 11) is 12.4. The second kappa shape index (κ2) is 23.6. The Hall–Kier alpha value is -4.35. The molecule has 348 valence electrons. The van der Waals surface area contributed by atoms with Gasteiger partial charge in [0.15, 0.2) is 0 Å². The number of anilines is 2. The summed E-state index contributed by atoms with van der Waals surface area (Å²) in [4.78, 5) is 9.79. The van der Waals surface area contributed by atoms with Gasteiger partial charge >= 0.3 is 120 Å². The first-order chi connectivity index (χ1) is 31.9. The van der Waals surface area contributed by atoms with Crippen molar-refractivity contribution in [3.05, 3.63) is 221 Å². The first-order valence-corrected chi connectivity index (χ1v) is 29.0. The van der Waals surface area contributed by atoms with E-state index in [1.54, 1.807) is 0 Å². The van der Waals surface area contributed by atoms with Crippen LogP contribution in [0.15, 0.2) is 158 Å². The topological polar surface area (TPSA) is 13.0 Å². The monoisotopic (exact) mass is 1000 g/mol. The van der Waals surface area contributed by atoms with Crippen molar-refractivity contribution in [1.29, 1.82) is 0 Å². The van der Waals surface area contributed by atoms with Gasteiger partial charge < -0.3 is 19.6 Å². The second-order valence-corrected chi connectivity index (χ2v) is 24.5. The van der Waals surface area contributed by atoms with E-state index in [9.17, 15) is 0 Å². The third-order valence-electron chi connectivity index (χ3n) is 12.5. The zero-order valence-corrected chi connectivity index (χ0v) is 43.4. The van der Waals surface area contributed by atoms with Gasteiger partial charge in [0.25, 0.3) is 0 Å². The van der Waals surface area contributed by atoms with E-state index in [1.807, 2.05) is 24.3 Å². The van der Waals surface area contributed by atoms with Crippen molar-refractivity contribution in [2.75, 3.05) is 36.0 Å². The van der Waals surface area contributed by atoms with Gasteiger partial charge in [-0.25, -0.2) is 0 Å². The minimum absolute atomic E-state index is 0.537. The first-order valence-electron chi connectivity index (χ1n) is 23.7. The van der Waals surface area contributed by atoms with Crippen molar-refractivity contribution in [2.45, 2.75) is 92.2 Å². The molecule has 0 atom stereocenters. The molecule has 9 rings (SSSR count). The number of benzene rings is 6. The molecule has 0 bridgehead atoms. The normalized spacial score (nSPS) is 15.3. The van der Waals surface area contributed by atoms with Gasteiger partial charge in [-0.1, -0.05) is 152 Å². The summed E-state index contributed by atoms with van der Waals surface area (Å²) in [5.74, 6) is 2.15. The Labute approximate surface area is 410 Å². The Kier molecular flexibility index (Phi) is 17.7. The number of hydrogen-bond donors (Lipinski definition) is 0. The molecule has 3 aliphatic rings. The Morgan fingerprint density at radius 1 is 0.439 bits per heavy atom. The summed E-state index contributed by atoms with van der Waals surface area (Å²) in [5, 5.41) is 0. The maximum absolute atomic E-state index is 6.19. The van der Waals surface area contributed by atoms with Crippen molar-refractivity contribution in [3.63, 3.8) is 0 Å². The summed E-state index contributed by atoms with van der Waals surface area (Å²) in [6.07, 6.45) is 2.15. The fourth-order valence-corrected chi connectivity index (χ4v) is 11.6. The van der Waals surface area contributed by atoms with Crippen LogP contribution in [0.2, 0.25) is 0 Å². The molecule has 7 heteroatoms. The molecule has 2 aliphatic heterocycles. The quantitative estimate of drug-likeness (QED) is 0.0947. The van der Waals surface area contributed by atoms with Gasteiger partial charge in [0.1, 0.15) is 0 Å². The predicted octanol–water partition coefficient (Wildman–Crippen LogP) is 15.3. The molecule has 6 aromatic rings. The minimum atomic E-state index is -1.88. The molecule has 66 heavy (non-hydrogen) atoms. The van der Waals surface area contributed by atoms with Gasteiger partial charge in [-0.05, 0) is 83.2 Å². The molecule has 6 aromatic carbocycles. The van der Waals surface area contributed by atoms with Crippen LogP contribution in [-0.2, 0) is 26.6 Å². The van der Waals surface area contributed by atoms with Crippen molar-refractivity contribution < 1.29 is 13.5 Å². The number of halogens is 2. The Morgan fingerprint density at radius 2 is 0.803 bits per heavy atom. The van der Waals surface area contributed by atoms with Crippen LogP contribution in [0.4, 0.5) is 11.4 Å². The number of hydrogen-bond acceptors (Lipinski definition) is 4. The molecule has 0 radical (unpaired) electrons. The Morgan fingerprint density at radius 3 is 1.18 bits per heavy atom. The standard InChI is InChI=1S/2C22H29N2.C15H10.2ClH.Ru/c2*1-17(2)20-11-8-12-21(18(3)4)22(20)24-14-13-23(16-24)15-19-9-6-5-7-10-19;1-2-6-12(7-3-1)15-11-10-13-8-4-5-9-14(13)15;;;/h2*5-12,16-18H,13-15H2,1-4H3;1-9,11H;2*1H;/q2*-1;;;;+2/p-2. The van der Waals surface area contributed by atoms with E-state index in [0.29, 0.717) is 23.7 Å². The molecular weight excluding hydrogens is 937 g/mol. The molecule has 0 unspecified atom stereocenters. The molecule has 0 aromatic heterocycles. The fourth-order valence-electron chi connectivity index (χ4n) is 9.17. The van der Waals surface area contributed by atoms with Crippen molar-refractivity contribution in [1.82, 2.24) is 9.80 Å². The second-order valence-electron chi connectivity index (χ2n) is 18.7. The van der Waals surface area contributed by atoms with Crippen LogP contribution < -0.4 is 9.80 Å². The predicted molar refractivity (Wildman–Crippen MR) is 282 cm³/mol. The van der Waals surface area contributed by atoms with Gasteiger partial charge in [-0.2, -0.15) is 13.3 Å². The van der Waals surface area contributed by atoms with E-state index < -0.39 is 13.5 Å². The molecule has 2 saturated heterocycles. The fraction of sp³-hybridized carbons (Fsp3) is 0.305. The van der Waals surface area contributed by atoms with Crippen LogP contribution in [0.25, 0.3) is 5.57 Å². The van der Waals surface area contributed by atoms with Gasteiger partial charge in [0.2, 0.25) is 0 Å². The van der Waals surface area contributed by atoms with E-state index in [0.717, 1.165) is 43.4 Å². The SMILES string of the molecule is CC(C)c1cccc(C(C)C)c1N1[CH-]N(Cc2ccccc2)CC1.CC(C)c1cccc(C(C)C)c1N1[CH-]N(Cc2ccccc2)CC1.[Cl][Ru]([Cl])=[C]1C=C(c2ccccc2)c2ccccc21. The van der Waals surface area contributed by atoms with E-state index in [-0.39, 0.29) is 0 Å². The van der Waals surface area contributed by atoms with Crippen LogP contribution in [0.5, 0.6) is 0 Å². The molecule has 0 amide bonds. The van der Waals surface area contributed by atoms with E-state index in [1.165, 1.54) is 67.0 Å². The van der Waals surface area contributed by atoms with Crippen molar-refractivity contribution >= 4 is 40.4 Å². The average molecular weight is 1010 g/mol. The summed E-state index contributed by atoms with van der Waals surface area (Å²) in [5.41, 5.74) is 16.3. The third-order valence-corrected chi connectivity index (χ3v) is 15.7. The number of rotatable bonds is 11. The van der Waals surface area contributed by atoms with Gasteiger partial charge in [-0.15, -0.1) is 0 Å². The number of allylic oxidation sites excluding steroid dienone is 1. The molecule has 2 heterocycles. The molecule has 0 spiro atoms. The van der Waals surface area contributed by atoms with E-state index >= 15 is 0 Å². The third kappa shape index (κ3) is 12.4. The zero-order chi connectivity index (χ0) is 46.7. The molecule has 0 saturated carbocycles. The molecule has 1 aliphatic carbocycles. The maximum atomic E-state index is 6.19. The summed E-state index contributed by atoms with van der Waals surface area (Å²) in [6, 6.07) is 53.7. The van der Waals surface area contributed by atoms with Crippen LogP contribution in [0.3, 0.4) is 0 Å². The Balaban J connectivity index is 0.000000149. The number of para-hydroxylation sites is 2. The molecular formula is C59H68Cl2N4Ru-2. The van der Waals surface area contributed by atoms with Crippen LogP contribution in [0.1, 0.15) is 129 Å². The van der Waals surface area contributed by atoms with E-state index in [2.05, 4.69) is 222 Å². The van der Waals surface area contributed by atoms with Crippen molar-refractivity contribution in [3.8, 4) is 0 Å². The summed E-state index contributed by atoms with van der Waals surface area (Å²) in [6.45, 7) is 29.2. The van der Waals surface area contributed by atoms with Gasteiger partial charge in [0, 0.05) is 24.5 Å². The summed E-state index contributed by atoms with van der Waals surface area (Å²) < 4.78 is 1.12. The zero-order valence-electron chi connectivity index (χ0n) is 40.1. The van der Waals surface area contributed by atoms with Crippen LogP contribution >= 0.6 is 19.4 Å². The Bertz CT molecular complexity index is 2380. The first kappa shape index (κ1) is 49.6. The van der Waals surface area contributed by atoms with E-state index in [4.69, 9.17) is 19.4 Å². The van der Waals surface area contributed by atoms with Crippen molar-refractivity contribution in [2.24, 2.45) is 0 Å². The number of nitrogens with zero attached hydrogens (tertiary/aromatic N) is 4. The summed E-state index contributed by atoms with van der Waals surface area (Å²) >= 11 is -1.88. The van der Waals surface area contributed by atoms with Gasteiger partial charge in [0.05, 0.1) is 0 Å². The average Bonchev–Trinajstić information content (AvgIpc) is 4.09. The molecule has 0 N–H and O–H groups in total. The van der Waals surface area contributed by atoms with Crippen LogP contribution in [-0.4, -0.2) is 40.1 Å².